The minimum atomic E-state index is -6.55. The van der Waals surface area contributed by atoms with Crippen LogP contribution in [0.5, 0.6) is 0 Å². The Morgan fingerprint density at radius 2 is 1.41 bits per heavy atom. The topological polar surface area (TPSA) is 32.3 Å². The molecular weight excluding hydrogens is 321 g/mol. The van der Waals surface area contributed by atoms with Gasteiger partial charge in [-0.3, -0.25) is 4.79 Å². The monoisotopic (exact) mass is 332 g/mol. The number of nitrogens with zero attached hydrogens (tertiary/aromatic N) is 1. The number of carbonyl (C=O) groups is 1. The van der Waals surface area contributed by atoms with Crippen LogP contribution in [0.1, 0.15) is 0 Å². The summed E-state index contributed by atoms with van der Waals surface area (Å²) in [6.45, 7) is 0. The van der Waals surface area contributed by atoms with E-state index in [9.17, 15) is 35.5 Å². The van der Waals surface area contributed by atoms with Crippen LogP contribution in [0.15, 0.2) is 24.3 Å². The predicted molar refractivity (Wildman–Crippen MR) is 65.3 cm³/mol. The Balaban J connectivity index is 2.96. The third kappa shape index (κ3) is 3.25. The van der Waals surface area contributed by atoms with E-state index in [-0.39, 0.29) is 5.69 Å². The first-order valence-corrected chi connectivity index (χ1v) is 5.72. The highest BCUT2D eigenvalue weighted by molar-refractivity contribution is 5.97. The molecule has 22 heavy (non-hydrogen) atoms. The molecule has 0 heterocycles. The fraction of sp³-hybridized carbons (Fsp3) is 0.417. The molecule has 1 aromatic rings. The lowest BCUT2D eigenvalue weighted by Crippen LogP contribution is -2.57. The van der Waals surface area contributed by atoms with E-state index < -0.39 is 23.9 Å². The molecule has 124 valence electrons. The van der Waals surface area contributed by atoms with Crippen molar-refractivity contribution in [3.63, 3.8) is 0 Å². The minimum absolute atomic E-state index is 0.340. The average molecular weight is 332 g/mol. The minimum Gasteiger partial charge on any atom is -0.378 e. The van der Waals surface area contributed by atoms with Crippen LogP contribution in [0.4, 0.5) is 42.1 Å². The SMILES string of the molecule is CN(C)c1ccc(NC(=O)C(F)(F)C(F)(F)C(F)(F)F)cc1. The first kappa shape index (κ1) is 18.1. The second kappa shape index (κ2) is 5.65. The molecule has 0 aliphatic carbocycles. The van der Waals surface area contributed by atoms with E-state index in [1.54, 1.807) is 19.0 Å². The van der Waals surface area contributed by atoms with Gasteiger partial charge in [-0.15, -0.1) is 0 Å². The van der Waals surface area contributed by atoms with Crippen LogP contribution in [-0.2, 0) is 4.79 Å². The van der Waals surface area contributed by atoms with Crippen LogP contribution in [0.3, 0.4) is 0 Å². The maximum Gasteiger partial charge on any atom is 0.460 e. The third-order valence-electron chi connectivity index (χ3n) is 2.68. The zero-order valence-electron chi connectivity index (χ0n) is 11.3. The normalized spacial score (nSPS) is 13.0. The lowest BCUT2D eigenvalue weighted by Gasteiger charge is -2.27. The Labute approximate surface area is 120 Å². The zero-order valence-corrected chi connectivity index (χ0v) is 11.3. The molecule has 1 amide bonds. The van der Waals surface area contributed by atoms with Gasteiger partial charge in [-0.25, -0.2) is 0 Å². The quantitative estimate of drug-likeness (QED) is 0.856. The van der Waals surface area contributed by atoms with Crippen molar-refractivity contribution >= 4 is 17.3 Å². The molecule has 0 aromatic heterocycles. The van der Waals surface area contributed by atoms with Crippen LogP contribution < -0.4 is 10.2 Å². The van der Waals surface area contributed by atoms with Gasteiger partial charge in [0.1, 0.15) is 0 Å². The Morgan fingerprint density at radius 3 is 1.77 bits per heavy atom. The number of hydrogen-bond donors (Lipinski definition) is 1. The molecular formula is C12H11F7N2O. The van der Waals surface area contributed by atoms with Gasteiger partial charge in [0, 0.05) is 25.5 Å². The van der Waals surface area contributed by atoms with Crippen LogP contribution in [0.25, 0.3) is 0 Å². The Morgan fingerprint density at radius 1 is 0.955 bits per heavy atom. The van der Waals surface area contributed by atoms with Crippen molar-refractivity contribution in [2.75, 3.05) is 24.3 Å². The van der Waals surface area contributed by atoms with Crippen LogP contribution in [-0.4, -0.2) is 38.0 Å². The molecule has 10 heteroatoms. The van der Waals surface area contributed by atoms with E-state index in [4.69, 9.17) is 0 Å². The second-order valence-corrected chi connectivity index (χ2v) is 4.54. The van der Waals surface area contributed by atoms with Gasteiger partial charge in [0.15, 0.2) is 0 Å². The maximum absolute atomic E-state index is 13.1. The van der Waals surface area contributed by atoms with Gasteiger partial charge in [0.05, 0.1) is 0 Å². The smallest absolute Gasteiger partial charge is 0.378 e. The third-order valence-corrected chi connectivity index (χ3v) is 2.68. The summed E-state index contributed by atoms with van der Waals surface area (Å²) in [5.74, 6) is -15.2. The summed E-state index contributed by atoms with van der Waals surface area (Å²) in [6.07, 6.45) is -6.55. The predicted octanol–water partition coefficient (Wildman–Crippen LogP) is 3.52. The Bertz CT molecular complexity index is 537. The molecule has 1 rings (SSSR count). The van der Waals surface area contributed by atoms with Crippen LogP contribution >= 0.6 is 0 Å². The Kier molecular flexibility index (Phi) is 4.64. The van der Waals surface area contributed by atoms with Gasteiger partial charge in [-0.1, -0.05) is 0 Å². The van der Waals surface area contributed by atoms with Crippen molar-refractivity contribution in [2.24, 2.45) is 0 Å². The lowest BCUT2D eigenvalue weighted by molar-refractivity contribution is -0.343. The highest BCUT2D eigenvalue weighted by Crippen LogP contribution is 2.46. The number of carbonyl (C=O) groups excluding carboxylic acids is 1. The van der Waals surface area contributed by atoms with E-state index in [1.807, 2.05) is 0 Å². The number of nitrogens with one attached hydrogen (secondary N) is 1. The number of rotatable bonds is 4. The van der Waals surface area contributed by atoms with E-state index >= 15 is 0 Å². The fourth-order valence-electron chi connectivity index (χ4n) is 1.37. The first-order chi connectivity index (χ1) is 9.80. The summed E-state index contributed by atoms with van der Waals surface area (Å²) >= 11 is 0. The van der Waals surface area contributed by atoms with E-state index in [0.717, 1.165) is 12.1 Å². The van der Waals surface area contributed by atoms with Crippen LogP contribution in [0, 0.1) is 0 Å². The zero-order chi connectivity index (χ0) is 17.3. The maximum atomic E-state index is 13.1. The summed E-state index contributed by atoms with van der Waals surface area (Å²) in [6, 6.07) is 4.90. The Hall–Kier alpha value is -2.00. The van der Waals surface area contributed by atoms with Crippen molar-refractivity contribution in [2.45, 2.75) is 18.0 Å². The summed E-state index contributed by atoms with van der Waals surface area (Å²) in [7, 11) is 3.32. The van der Waals surface area contributed by atoms with E-state index in [2.05, 4.69) is 0 Å². The van der Waals surface area contributed by atoms with Gasteiger partial charge < -0.3 is 10.2 Å². The molecule has 0 fully saturated rings. The number of anilines is 2. The molecule has 0 aliphatic rings. The summed E-state index contributed by atoms with van der Waals surface area (Å²) in [5, 5.41) is 1.34. The number of halogens is 7. The van der Waals surface area contributed by atoms with Gasteiger partial charge in [0.2, 0.25) is 0 Å². The number of benzene rings is 1. The first-order valence-electron chi connectivity index (χ1n) is 5.72. The molecule has 3 nitrogen and oxygen atoms in total. The average Bonchev–Trinajstić information content (AvgIpc) is 2.37. The highest BCUT2D eigenvalue weighted by atomic mass is 19.4. The summed E-state index contributed by atoms with van der Waals surface area (Å²) in [4.78, 5) is 12.7. The van der Waals surface area contributed by atoms with Crippen LogP contribution in [0.2, 0.25) is 0 Å². The van der Waals surface area contributed by atoms with Gasteiger partial charge >= 0.3 is 23.9 Å². The van der Waals surface area contributed by atoms with Gasteiger partial charge in [-0.2, -0.15) is 30.7 Å². The number of alkyl halides is 7. The van der Waals surface area contributed by atoms with Crippen molar-refractivity contribution in [1.82, 2.24) is 0 Å². The van der Waals surface area contributed by atoms with Crippen molar-refractivity contribution < 1.29 is 35.5 Å². The summed E-state index contributed by atoms with van der Waals surface area (Å²) < 4.78 is 87.4. The van der Waals surface area contributed by atoms with E-state index in [1.165, 1.54) is 17.4 Å². The van der Waals surface area contributed by atoms with E-state index in [0.29, 0.717) is 5.69 Å². The van der Waals surface area contributed by atoms with Crippen molar-refractivity contribution in [3.8, 4) is 0 Å². The van der Waals surface area contributed by atoms with Crippen molar-refractivity contribution in [3.05, 3.63) is 24.3 Å². The molecule has 0 radical (unpaired) electrons. The fourth-order valence-corrected chi connectivity index (χ4v) is 1.37. The second-order valence-electron chi connectivity index (χ2n) is 4.54. The molecule has 1 aromatic carbocycles. The van der Waals surface area contributed by atoms with Crippen molar-refractivity contribution in [1.29, 1.82) is 0 Å². The highest BCUT2D eigenvalue weighted by Gasteiger charge is 2.76. The molecule has 0 bridgehead atoms. The molecule has 0 spiro atoms. The number of hydrogen-bond acceptors (Lipinski definition) is 2. The standard InChI is InChI=1S/C12H11F7N2O/c1-21(2)8-5-3-7(4-6-8)20-9(22)10(13,14)11(15,16)12(17,18)19/h3-6H,1-2H3,(H,20,22). The number of amides is 1. The molecule has 0 unspecified atom stereocenters. The largest absolute Gasteiger partial charge is 0.460 e. The molecule has 0 saturated heterocycles. The molecule has 0 saturated carbocycles. The lowest BCUT2D eigenvalue weighted by atomic mass is 10.1. The molecule has 0 aliphatic heterocycles. The molecule has 1 N–H and O–H groups in total. The van der Waals surface area contributed by atoms with Gasteiger partial charge in [0.25, 0.3) is 0 Å². The summed E-state index contributed by atoms with van der Waals surface area (Å²) in [5.41, 5.74) is 0.263. The van der Waals surface area contributed by atoms with Gasteiger partial charge in [-0.05, 0) is 24.3 Å². The molecule has 0 atom stereocenters.